The summed E-state index contributed by atoms with van der Waals surface area (Å²) >= 11 is 0. The number of ether oxygens (including phenoxy) is 2. The van der Waals surface area contributed by atoms with E-state index in [0.29, 0.717) is 17.9 Å². The zero-order valence-electron chi connectivity index (χ0n) is 11.7. The molecule has 1 N–H and O–H groups in total. The fourth-order valence-electron chi connectivity index (χ4n) is 2.00. The molecule has 0 spiro atoms. The van der Waals surface area contributed by atoms with Crippen molar-refractivity contribution >= 4 is 11.9 Å². The maximum atomic E-state index is 5.35. The summed E-state index contributed by atoms with van der Waals surface area (Å²) in [5.74, 6) is 1.20. The number of anilines is 2. The lowest BCUT2D eigenvalue weighted by molar-refractivity contribution is 0.121. The van der Waals surface area contributed by atoms with Crippen LogP contribution in [0.5, 0.6) is 6.01 Å². The fraction of sp³-hybridized carbons (Fsp3) is 0.750. The van der Waals surface area contributed by atoms with Crippen molar-refractivity contribution in [2.24, 2.45) is 0 Å². The van der Waals surface area contributed by atoms with Gasteiger partial charge in [-0.1, -0.05) is 6.92 Å². The molecule has 19 heavy (non-hydrogen) atoms. The molecule has 7 heteroatoms. The first-order chi connectivity index (χ1) is 9.26. The Balaban J connectivity index is 2.14. The lowest BCUT2D eigenvalue weighted by atomic mass is 10.3. The molecular weight excluding hydrogens is 246 g/mol. The van der Waals surface area contributed by atoms with Gasteiger partial charge in [-0.25, -0.2) is 0 Å². The van der Waals surface area contributed by atoms with Crippen LogP contribution in [-0.4, -0.2) is 54.9 Å². The summed E-state index contributed by atoms with van der Waals surface area (Å²) in [4.78, 5) is 15.0. The molecule has 0 saturated carbocycles. The van der Waals surface area contributed by atoms with E-state index in [1.54, 1.807) is 14.2 Å². The van der Waals surface area contributed by atoms with Crippen LogP contribution in [0.3, 0.4) is 0 Å². The van der Waals surface area contributed by atoms with Gasteiger partial charge in [0.15, 0.2) is 0 Å². The van der Waals surface area contributed by atoms with E-state index in [9.17, 15) is 0 Å². The molecule has 1 unspecified atom stereocenters. The highest BCUT2D eigenvalue weighted by molar-refractivity contribution is 5.39. The molecule has 0 bridgehead atoms. The van der Waals surface area contributed by atoms with Crippen LogP contribution in [0.15, 0.2) is 0 Å². The second kappa shape index (κ2) is 6.51. The summed E-state index contributed by atoms with van der Waals surface area (Å²) < 4.78 is 10.5. The van der Waals surface area contributed by atoms with E-state index in [0.717, 1.165) is 32.5 Å². The summed E-state index contributed by atoms with van der Waals surface area (Å²) in [6, 6.07) is 0.337. The molecule has 1 fully saturated rings. The molecule has 1 aliphatic rings. The average Bonchev–Trinajstić information content (AvgIpc) is 2.93. The van der Waals surface area contributed by atoms with Crippen molar-refractivity contribution in [1.82, 2.24) is 15.0 Å². The predicted octanol–water partition coefficient (Wildman–Crippen LogP) is 0.927. The van der Waals surface area contributed by atoms with Crippen LogP contribution in [0.1, 0.15) is 19.8 Å². The minimum atomic E-state index is 0.245. The molecule has 2 rings (SSSR count). The molecule has 0 aliphatic carbocycles. The maximum absolute atomic E-state index is 5.35. The zero-order chi connectivity index (χ0) is 13.7. The largest absolute Gasteiger partial charge is 0.467 e. The van der Waals surface area contributed by atoms with Crippen LogP contribution in [0.2, 0.25) is 0 Å². The van der Waals surface area contributed by atoms with Crippen molar-refractivity contribution < 1.29 is 9.47 Å². The maximum Gasteiger partial charge on any atom is 0.322 e. The Hall–Kier alpha value is -1.63. The molecule has 1 saturated heterocycles. The van der Waals surface area contributed by atoms with Gasteiger partial charge in [-0.2, -0.15) is 15.0 Å². The smallest absolute Gasteiger partial charge is 0.322 e. The van der Waals surface area contributed by atoms with Gasteiger partial charge in [-0.05, 0) is 12.8 Å². The summed E-state index contributed by atoms with van der Waals surface area (Å²) in [5, 5.41) is 3.16. The minimum absolute atomic E-state index is 0.245. The van der Waals surface area contributed by atoms with Crippen LogP contribution in [0.4, 0.5) is 11.9 Å². The number of rotatable bonds is 6. The molecule has 0 radical (unpaired) electrons. The van der Waals surface area contributed by atoms with Gasteiger partial charge in [0.1, 0.15) is 0 Å². The molecule has 0 amide bonds. The summed E-state index contributed by atoms with van der Waals surface area (Å²) in [6.45, 7) is 4.61. The molecule has 106 valence electrons. The van der Waals surface area contributed by atoms with E-state index in [1.165, 1.54) is 0 Å². The molecule has 1 aliphatic heterocycles. The second-order valence-corrected chi connectivity index (χ2v) is 4.46. The standard InChI is InChI=1S/C12H21N5O2/c1-4-6-13-10-14-11(16-12(15-10)19-3)17-7-5-9(8-17)18-2/h9H,4-8H2,1-3H3,(H,13,14,15,16). The SMILES string of the molecule is CCCNc1nc(OC)nc(N2CCC(OC)C2)n1. The van der Waals surface area contributed by atoms with Crippen LogP contribution < -0.4 is 15.0 Å². The Bertz CT molecular complexity index is 415. The van der Waals surface area contributed by atoms with Gasteiger partial charge in [0, 0.05) is 26.7 Å². The average molecular weight is 267 g/mol. The van der Waals surface area contributed by atoms with Crippen molar-refractivity contribution in [3.05, 3.63) is 0 Å². The monoisotopic (exact) mass is 267 g/mol. The van der Waals surface area contributed by atoms with Gasteiger partial charge in [0.05, 0.1) is 13.2 Å². The van der Waals surface area contributed by atoms with Crippen molar-refractivity contribution in [3.63, 3.8) is 0 Å². The van der Waals surface area contributed by atoms with E-state index in [2.05, 4.69) is 32.1 Å². The molecule has 1 aromatic rings. The summed E-state index contributed by atoms with van der Waals surface area (Å²) in [5.41, 5.74) is 0. The number of hydrogen-bond acceptors (Lipinski definition) is 7. The highest BCUT2D eigenvalue weighted by atomic mass is 16.5. The third-order valence-corrected chi connectivity index (χ3v) is 3.08. The van der Waals surface area contributed by atoms with Gasteiger partial charge in [-0.15, -0.1) is 0 Å². The van der Waals surface area contributed by atoms with Crippen LogP contribution in [0, 0.1) is 0 Å². The molecule has 1 aromatic heterocycles. The Morgan fingerprint density at radius 1 is 1.32 bits per heavy atom. The van der Waals surface area contributed by atoms with E-state index in [4.69, 9.17) is 9.47 Å². The van der Waals surface area contributed by atoms with Gasteiger partial charge >= 0.3 is 6.01 Å². The highest BCUT2D eigenvalue weighted by Crippen LogP contribution is 2.20. The molecular formula is C12H21N5O2. The van der Waals surface area contributed by atoms with Gasteiger partial charge < -0.3 is 19.7 Å². The fourth-order valence-corrected chi connectivity index (χ4v) is 2.00. The number of nitrogens with one attached hydrogen (secondary N) is 1. The number of methoxy groups -OCH3 is 2. The number of hydrogen-bond donors (Lipinski definition) is 1. The van der Waals surface area contributed by atoms with Crippen molar-refractivity contribution in [3.8, 4) is 6.01 Å². The topological polar surface area (TPSA) is 72.4 Å². The van der Waals surface area contributed by atoms with Gasteiger partial charge in [0.25, 0.3) is 0 Å². The number of aromatic nitrogens is 3. The van der Waals surface area contributed by atoms with E-state index in [1.807, 2.05) is 0 Å². The first kappa shape index (κ1) is 13.8. The molecule has 7 nitrogen and oxygen atoms in total. The zero-order valence-corrected chi connectivity index (χ0v) is 11.7. The third kappa shape index (κ3) is 3.44. The molecule has 1 atom stereocenters. The molecule has 2 heterocycles. The van der Waals surface area contributed by atoms with E-state index in [-0.39, 0.29) is 6.10 Å². The van der Waals surface area contributed by atoms with E-state index >= 15 is 0 Å². The highest BCUT2D eigenvalue weighted by Gasteiger charge is 2.25. The van der Waals surface area contributed by atoms with Crippen molar-refractivity contribution in [2.75, 3.05) is 44.1 Å². The first-order valence-electron chi connectivity index (χ1n) is 6.58. The Labute approximate surface area is 113 Å². The first-order valence-corrected chi connectivity index (χ1v) is 6.58. The Morgan fingerprint density at radius 3 is 2.79 bits per heavy atom. The van der Waals surface area contributed by atoms with Gasteiger partial charge in [-0.3, -0.25) is 0 Å². The Kier molecular flexibility index (Phi) is 4.73. The minimum Gasteiger partial charge on any atom is -0.467 e. The van der Waals surface area contributed by atoms with Crippen molar-refractivity contribution in [2.45, 2.75) is 25.9 Å². The quantitative estimate of drug-likeness (QED) is 0.821. The molecule has 0 aromatic carbocycles. The normalized spacial score (nSPS) is 18.7. The van der Waals surface area contributed by atoms with Crippen molar-refractivity contribution in [1.29, 1.82) is 0 Å². The Morgan fingerprint density at radius 2 is 2.16 bits per heavy atom. The predicted molar refractivity (Wildman–Crippen MR) is 72.8 cm³/mol. The van der Waals surface area contributed by atoms with Crippen LogP contribution in [0.25, 0.3) is 0 Å². The second-order valence-electron chi connectivity index (χ2n) is 4.46. The third-order valence-electron chi connectivity index (χ3n) is 3.08. The summed E-state index contributed by atoms with van der Waals surface area (Å²) in [7, 11) is 3.29. The lowest BCUT2D eigenvalue weighted by Crippen LogP contribution is -2.25. The van der Waals surface area contributed by atoms with Gasteiger partial charge in [0.2, 0.25) is 11.9 Å². The summed E-state index contributed by atoms with van der Waals surface area (Å²) in [6.07, 6.45) is 2.25. The van der Waals surface area contributed by atoms with Crippen LogP contribution in [-0.2, 0) is 4.74 Å². The lowest BCUT2D eigenvalue weighted by Gasteiger charge is -2.17. The number of nitrogens with zero attached hydrogens (tertiary/aromatic N) is 4. The van der Waals surface area contributed by atoms with E-state index < -0.39 is 0 Å². The van der Waals surface area contributed by atoms with Crippen LogP contribution >= 0.6 is 0 Å².